The molecule has 1 amide bonds. The standard InChI is InChI=1S/C26H19F2N5O5S/c1-12-5-15(21-17(6-12)31-20(36-2)9-30-21)25-32-22-16(27)7-18-23(24(22)39-25)37-11-14(38-18)10-33(26(34)35)13-3-4-19(28)29-8-13/h3-9,14H,10-11H2,1-2H3,(H,34,35)/t14-/m1/s1. The van der Waals surface area contributed by atoms with Crippen molar-refractivity contribution in [3.8, 4) is 28.0 Å². The minimum Gasteiger partial charge on any atom is -0.484 e. The summed E-state index contributed by atoms with van der Waals surface area (Å²) < 4.78 is 46.0. The number of nitrogens with zero attached hydrogens (tertiary/aromatic N) is 5. The van der Waals surface area contributed by atoms with Crippen LogP contribution in [0.4, 0.5) is 19.3 Å². The summed E-state index contributed by atoms with van der Waals surface area (Å²) in [5.74, 6) is -0.517. The Labute approximate surface area is 223 Å². The van der Waals surface area contributed by atoms with Crippen LogP contribution in [0, 0.1) is 18.7 Å². The molecule has 0 aliphatic carbocycles. The van der Waals surface area contributed by atoms with Crippen molar-refractivity contribution in [2.24, 2.45) is 0 Å². The van der Waals surface area contributed by atoms with Gasteiger partial charge in [-0.25, -0.2) is 29.1 Å². The summed E-state index contributed by atoms with van der Waals surface area (Å²) in [6.07, 6.45) is 0.584. The number of halogens is 2. The van der Waals surface area contributed by atoms with Crippen molar-refractivity contribution in [1.29, 1.82) is 0 Å². The second-order valence-electron chi connectivity index (χ2n) is 8.76. The third kappa shape index (κ3) is 4.50. The second-order valence-corrected chi connectivity index (χ2v) is 9.76. The van der Waals surface area contributed by atoms with Crippen LogP contribution in [-0.2, 0) is 0 Å². The van der Waals surface area contributed by atoms with Gasteiger partial charge in [-0.3, -0.25) is 4.90 Å². The second kappa shape index (κ2) is 9.58. The van der Waals surface area contributed by atoms with E-state index in [1.165, 1.54) is 36.8 Å². The molecule has 0 radical (unpaired) electrons. The van der Waals surface area contributed by atoms with Gasteiger partial charge in [0.25, 0.3) is 0 Å². The van der Waals surface area contributed by atoms with E-state index in [9.17, 15) is 14.3 Å². The summed E-state index contributed by atoms with van der Waals surface area (Å²) in [6.45, 7) is 1.77. The van der Waals surface area contributed by atoms with Gasteiger partial charge < -0.3 is 19.3 Å². The van der Waals surface area contributed by atoms with E-state index in [1.54, 1.807) is 0 Å². The van der Waals surface area contributed by atoms with E-state index >= 15 is 4.39 Å². The average Bonchev–Trinajstić information content (AvgIpc) is 3.37. The quantitative estimate of drug-likeness (QED) is 0.293. The number of methoxy groups -OCH3 is 1. The lowest BCUT2D eigenvalue weighted by molar-refractivity contribution is 0.0957. The molecule has 1 aliphatic heterocycles. The van der Waals surface area contributed by atoms with Crippen LogP contribution in [0.2, 0.25) is 0 Å². The summed E-state index contributed by atoms with van der Waals surface area (Å²) in [4.78, 5) is 29.8. The fraction of sp³-hybridized carbons (Fsp3) is 0.192. The van der Waals surface area contributed by atoms with Crippen molar-refractivity contribution >= 4 is 44.4 Å². The summed E-state index contributed by atoms with van der Waals surface area (Å²) >= 11 is 1.23. The van der Waals surface area contributed by atoms with Gasteiger partial charge in [-0.15, -0.1) is 11.3 Å². The first-order valence-corrected chi connectivity index (χ1v) is 12.5. The summed E-state index contributed by atoms with van der Waals surface area (Å²) in [6, 6.07) is 7.32. The van der Waals surface area contributed by atoms with Crippen LogP contribution in [-0.4, -0.2) is 57.5 Å². The van der Waals surface area contributed by atoms with E-state index in [4.69, 9.17) is 14.2 Å². The molecule has 10 nitrogen and oxygen atoms in total. The third-order valence-corrected chi connectivity index (χ3v) is 7.18. The summed E-state index contributed by atoms with van der Waals surface area (Å²) in [5.41, 5.74) is 3.11. The van der Waals surface area contributed by atoms with Gasteiger partial charge in [0.15, 0.2) is 23.4 Å². The van der Waals surface area contributed by atoms with E-state index < -0.39 is 24.0 Å². The number of carboxylic acid groups (broad SMARTS) is 1. The molecule has 3 aromatic heterocycles. The van der Waals surface area contributed by atoms with Gasteiger partial charge in [-0.2, -0.15) is 4.39 Å². The molecular formula is C26H19F2N5O5S. The highest BCUT2D eigenvalue weighted by molar-refractivity contribution is 7.22. The Hall–Kier alpha value is -4.65. The highest BCUT2D eigenvalue weighted by Crippen LogP contribution is 2.45. The molecule has 0 fully saturated rings. The predicted molar refractivity (Wildman–Crippen MR) is 139 cm³/mol. The van der Waals surface area contributed by atoms with E-state index in [2.05, 4.69) is 19.9 Å². The zero-order chi connectivity index (χ0) is 27.3. The van der Waals surface area contributed by atoms with E-state index in [0.717, 1.165) is 22.7 Å². The maximum absolute atomic E-state index is 15.2. The highest BCUT2D eigenvalue weighted by Gasteiger charge is 2.30. The van der Waals surface area contributed by atoms with Gasteiger partial charge in [0.2, 0.25) is 11.8 Å². The SMILES string of the molecule is COc1cnc2c(-c3nc4c(F)cc5c(c4s3)OC[C@@H](CN(C(=O)O)c3ccc(F)nc3)O5)cc(C)cc2n1. The maximum Gasteiger partial charge on any atom is 0.411 e. The number of thiazole rings is 1. The number of fused-ring (bicyclic) bond motifs is 4. The molecule has 13 heteroatoms. The lowest BCUT2D eigenvalue weighted by Gasteiger charge is -2.30. The largest absolute Gasteiger partial charge is 0.484 e. The molecule has 2 aromatic carbocycles. The smallest absolute Gasteiger partial charge is 0.411 e. The maximum atomic E-state index is 15.2. The Bertz CT molecular complexity index is 1750. The number of carbonyl (C=O) groups is 1. The first-order valence-electron chi connectivity index (χ1n) is 11.7. The molecule has 4 heterocycles. The van der Waals surface area contributed by atoms with Gasteiger partial charge in [-0.1, -0.05) is 0 Å². The Balaban J connectivity index is 1.35. The van der Waals surface area contributed by atoms with Crippen LogP contribution in [0.15, 0.2) is 42.7 Å². The Morgan fingerprint density at radius 2 is 2.03 bits per heavy atom. The Morgan fingerprint density at radius 1 is 1.18 bits per heavy atom. The summed E-state index contributed by atoms with van der Waals surface area (Å²) in [7, 11) is 1.51. The van der Waals surface area contributed by atoms with Crippen LogP contribution in [0.25, 0.3) is 31.8 Å². The monoisotopic (exact) mass is 551 g/mol. The van der Waals surface area contributed by atoms with Crippen LogP contribution >= 0.6 is 11.3 Å². The molecule has 0 saturated carbocycles. The lowest BCUT2D eigenvalue weighted by Crippen LogP contribution is -2.43. The number of aryl methyl sites for hydroxylation is 1. The molecule has 0 bridgehead atoms. The first-order chi connectivity index (χ1) is 18.8. The number of rotatable bonds is 5. The molecule has 1 N–H and O–H groups in total. The van der Waals surface area contributed by atoms with Crippen molar-refractivity contribution in [2.45, 2.75) is 13.0 Å². The molecule has 0 saturated heterocycles. The number of anilines is 1. The van der Waals surface area contributed by atoms with Crippen molar-refractivity contribution in [3.63, 3.8) is 0 Å². The van der Waals surface area contributed by atoms with Crippen LogP contribution in [0.3, 0.4) is 0 Å². The molecule has 1 atom stereocenters. The number of benzene rings is 2. The van der Waals surface area contributed by atoms with Crippen molar-refractivity contribution in [1.82, 2.24) is 19.9 Å². The fourth-order valence-electron chi connectivity index (χ4n) is 4.35. The lowest BCUT2D eigenvalue weighted by atomic mass is 10.1. The van der Waals surface area contributed by atoms with Crippen LogP contribution < -0.4 is 19.1 Å². The summed E-state index contributed by atoms with van der Waals surface area (Å²) in [5, 5.41) is 10.2. The number of aromatic nitrogens is 4. The average molecular weight is 552 g/mol. The van der Waals surface area contributed by atoms with Gasteiger partial charge in [0, 0.05) is 11.6 Å². The van der Waals surface area contributed by atoms with Crippen LogP contribution in [0.5, 0.6) is 17.4 Å². The van der Waals surface area contributed by atoms with Gasteiger partial charge in [0.1, 0.15) is 21.8 Å². The third-order valence-electron chi connectivity index (χ3n) is 6.10. The van der Waals surface area contributed by atoms with E-state index in [0.29, 0.717) is 37.9 Å². The normalized spacial score (nSPS) is 14.5. The molecule has 5 aromatic rings. The molecule has 39 heavy (non-hydrogen) atoms. The Morgan fingerprint density at radius 3 is 2.77 bits per heavy atom. The Kier molecular flexibility index (Phi) is 6.06. The molecule has 1 aliphatic rings. The molecule has 0 spiro atoms. The fourth-order valence-corrected chi connectivity index (χ4v) is 5.44. The molecular weight excluding hydrogens is 532 g/mol. The van der Waals surface area contributed by atoms with Crippen LogP contribution in [0.1, 0.15) is 5.56 Å². The van der Waals surface area contributed by atoms with Crippen molar-refractivity contribution < 1.29 is 32.9 Å². The number of ether oxygens (including phenoxy) is 3. The minimum absolute atomic E-state index is 0.00197. The number of hydrogen-bond donors (Lipinski definition) is 1. The molecule has 0 unspecified atom stereocenters. The highest BCUT2D eigenvalue weighted by atomic mass is 32.1. The predicted octanol–water partition coefficient (Wildman–Crippen LogP) is 5.22. The topological polar surface area (TPSA) is 120 Å². The van der Waals surface area contributed by atoms with E-state index in [-0.39, 0.29) is 30.1 Å². The van der Waals surface area contributed by atoms with E-state index in [1.807, 2.05) is 19.1 Å². The van der Waals surface area contributed by atoms with Gasteiger partial charge in [-0.05, 0) is 36.8 Å². The zero-order valence-corrected chi connectivity index (χ0v) is 21.3. The number of amides is 1. The number of hydrogen-bond acceptors (Lipinski definition) is 9. The van der Waals surface area contributed by atoms with Gasteiger partial charge >= 0.3 is 6.09 Å². The van der Waals surface area contributed by atoms with Crippen molar-refractivity contribution in [2.75, 3.05) is 25.2 Å². The molecule has 6 rings (SSSR count). The minimum atomic E-state index is -1.28. The molecule has 198 valence electrons. The zero-order valence-electron chi connectivity index (χ0n) is 20.5. The van der Waals surface area contributed by atoms with Crippen molar-refractivity contribution in [3.05, 3.63) is 60.1 Å². The first kappa shape index (κ1) is 24.7. The van der Waals surface area contributed by atoms with Gasteiger partial charge in [0.05, 0.1) is 42.8 Å². The number of pyridine rings is 1.